The third-order valence-electron chi connectivity index (χ3n) is 3.78. The molecule has 1 saturated carbocycles. The monoisotopic (exact) mass is 266 g/mol. The second kappa shape index (κ2) is 3.78. The topological polar surface area (TPSA) is 16.1 Å². The largest absolute Gasteiger partial charge is 0.370 e. The molecular formula is C12H15BrN2. The Balaban J connectivity index is 1.79. The van der Waals surface area contributed by atoms with E-state index in [-0.39, 0.29) is 0 Å². The molecule has 1 aromatic heterocycles. The van der Waals surface area contributed by atoms with Gasteiger partial charge in [-0.15, -0.1) is 0 Å². The molecule has 0 bridgehead atoms. The average Bonchev–Trinajstić information content (AvgIpc) is 2.76. The number of nitrogens with zero attached hydrogens (tertiary/aromatic N) is 2. The molecule has 2 aliphatic rings. The van der Waals surface area contributed by atoms with Crippen LogP contribution in [-0.2, 0) is 0 Å². The predicted molar refractivity (Wildman–Crippen MR) is 65.0 cm³/mol. The van der Waals surface area contributed by atoms with E-state index in [1.54, 1.807) is 0 Å². The Morgan fingerprint density at radius 2 is 1.93 bits per heavy atom. The maximum atomic E-state index is 4.23. The van der Waals surface area contributed by atoms with E-state index in [9.17, 15) is 0 Å². The van der Waals surface area contributed by atoms with Crippen LogP contribution in [0.5, 0.6) is 0 Å². The molecule has 2 fully saturated rings. The standard InChI is InChI=1S/C12H15BrN2/c13-11-4-12(6-14-5-11)15-7-9-2-1-3-10(9)8-15/h4-6,9-10H,1-3,7-8H2. The molecule has 1 saturated heterocycles. The molecule has 15 heavy (non-hydrogen) atoms. The fourth-order valence-corrected chi connectivity index (χ4v) is 3.37. The highest BCUT2D eigenvalue weighted by molar-refractivity contribution is 9.10. The smallest absolute Gasteiger partial charge is 0.0564 e. The van der Waals surface area contributed by atoms with Crippen molar-refractivity contribution in [3.8, 4) is 0 Å². The first kappa shape index (κ1) is 9.64. The van der Waals surface area contributed by atoms with Gasteiger partial charge in [0.15, 0.2) is 0 Å². The number of anilines is 1. The Morgan fingerprint density at radius 3 is 2.60 bits per heavy atom. The molecule has 0 amide bonds. The molecule has 2 nitrogen and oxygen atoms in total. The van der Waals surface area contributed by atoms with Gasteiger partial charge in [-0.2, -0.15) is 0 Å². The first-order valence-corrected chi connectivity index (χ1v) is 6.48. The van der Waals surface area contributed by atoms with Crippen molar-refractivity contribution in [1.29, 1.82) is 0 Å². The minimum Gasteiger partial charge on any atom is -0.370 e. The fraction of sp³-hybridized carbons (Fsp3) is 0.583. The van der Waals surface area contributed by atoms with E-state index >= 15 is 0 Å². The van der Waals surface area contributed by atoms with Crippen LogP contribution in [0.25, 0.3) is 0 Å². The maximum absolute atomic E-state index is 4.23. The normalized spacial score (nSPS) is 29.5. The Labute approximate surface area is 98.8 Å². The van der Waals surface area contributed by atoms with Gasteiger partial charge in [0.1, 0.15) is 0 Å². The van der Waals surface area contributed by atoms with E-state index < -0.39 is 0 Å². The van der Waals surface area contributed by atoms with Crippen molar-refractivity contribution < 1.29 is 0 Å². The lowest BCUT2D eigenvalue weighted by Crippen LogP contribution is -2.20. The van der Waals surface area contributed by atoms with E-state index in [0.29, 0.717) is 0 Å². The fourth-order valence-electron chi connectivity index (χ4n) is 3.02. The van der Waals surface area contributed by atoms with Gasteiger partial charge in [-0.25, -0.2) is 0 Å². The van der Waals surface area contributed by atoms with Crippen LogP contribution in [0, 0.1) is 11.8 Å². The average molecular weight is 267 g/mol. The number of aromatic nitrogens is 1. The molecule has 0 N–H and O–H groups in total. The summed E-state index contributed by atoms with van der Waals surface area (Å²) in [4.78, 5) is 6.73. The number of hydrogen-bond acceptors (Lipinski definition) is 2. The van der Waals surface area contributed by atoms with Crippen molar-refractivity contribution in [2.75, 3.05) is 18.0 Å². The summed E-state index contributed by atoms with van der Waals surface area (Å²) in [6.45, 7) is 2.48. The van der Waals surface area contributed by atoms with Gasteiger partial charge in [0, 0.05) is 23.8 Å². The quantitative estimate of drug-likeness (QED) is 0.777. The van der Waals surface area contributed by atoms with Gasteiger partial charge in [0.25, 0.3) is 0 Å². The molecule has 1 aromatic rings. The molecule has 0 aromatic carbocycles. The molecular weight excluding hydrogens is 252 g/mol. The zero-order valence-corrected chi connectivity index (χ0v) is 10.3. The summed E-state index contributed by atoms with van der Waals surface area (Å²) < 4.78 is 1.08. The molecule has 1 aliphatic carbocycles. The molecule has 0 radical (unpaired) electrons. The minimum atomic E-state index is 0.948. The van der Waals surface area contributed by atoms with Gasteiger partial charge >= 0.3 is 0 Å². The van der Waals surface area contributed by atoms with Crippen LogP contribution in [0.3, 0.4) is 0 Å². The number of hydrogen-bond donors (Lipinski definition) is 0. The zero-order valence-electron chi connectivity index (χ0n) is 8.69. The molecule has 80 valence electrons. The van der Waals surface area contributed by atoms with E-state index in [1.165, 1.54) is 38.0 Å². The summed E-state index contributed by atoms with van der Waals surface area (Å²) in [5, 5.41) is 0. The van der Waals surface area contributed by atoms with Crippen molar-refractivity contribution in [3.05, 3.63) is 22.9 Å². The molecule has 0 spiro atoms. The maximum Gasteiger partial charge on any atom is 0.0564 e. The van der Waals surface area contributed by atoms with Crippen LogP contribution in [0.15, 0.2) is 22.9 Å². The van der Waals surface area contributed by atoms with Crippen molar-refractivity contribution in [1.82, 2.24) is 4.98 Å². The lowest BCUT2D eigenvalue weighted by atomic mass is 10.0. The molecule has 2 unspecified atom stereocenters. The van der Waals surface area contributed by atoms with Crippen molar-refractivity contribution in [3.63, 3.8) is 0 Å². The van der Waals surface area contributed by atoms with Gasteiger partial charge in [-0.05, 0) is 46.7 Å². The molecule has 2 atom stereocenters. The Morgan fingerprint density at radius 1 is 1.20 bits per heavy atom. The number of rotatable bonds is 1. The second-order valence-electron chi connectivity index (χ2n) is 4.72. The summed E-state index contributed by atoms with van der Waals surface area (Å²) >= 11 is 3.48. The first-order valence-electron chi connectivity index (χ1n) is 5.68. The predicted octanol–water partition coefficient (Wildman–Crippen LogP) is 3.08. The Kier molecular flexibility index (Phi) is 2.43. The summed E-state index contributed by atoms with van der Waals surface area (Å²) in [7, 11) is 0. The van der Waals surface area contributed by atoms with Gasteiger partial charge in [-0.1, -0.05) is 6.42 Å². The molecule has 2 heterocycles. The van der Waals surface area contributed by atoms with Crippen molar-refractivity contribution >= 4 is 21.6 Å². The highest BCUT2D eigenvalue weighted by Crippen LogP contribution is 2.39. The lowest BCUT2D eigenvalue weighted by Gasteiger charge is -2.19. The summed E-state index contributed by atoms with van der Waals surface area (Å²) in [5.74, 6) is 1.90. The molecule has 3 heteroatoms. The summed E-state index contributed by atoms with van der Waals surface area (Å²) in [5.41, 5.74) is 1.28. The molecule has 3 rings (SSSR count). The number of fused-ring (bicyclic) bond motifs is 1. The second-order valence-corrected chi connectivity index (χ2v) is 5.63. The van der Waals surface area contributed by atoms with Crippen LogP contribution in [0.2, 0.25) is 0 Å². The van der Waals surface area contributed by atoms with Crippen LogP contribution in [0.1, 0.15) is 19.3 Å². The Bertz CT molecular complexity index is 354. The SMILES string of the molecule is Brc1cncc(N2CC3CCCC3C2)c1. The van der Waals surface area contributed by atoms with E-state index in [4.69, 9.17) is 0 Å². The van der Waals surface area contributed by atoms with Gasteiger partial charge in [0.2, 0.25) is 0 Å². The molecule has 1 aliphatic heterocycles. The third kappa shape index (κ3) is 1.78. The van der Waals surface area contributed by atoms with Crippen LogP contribution < -0.4 is 4.90 Å². The van der Waals surface area contributed by atoms with Gasteiger partial charge in [-0.3, -0.25) is 4.98 Å². The number of pyridine rings is 1. The number of halogens is 1. The van der Waals surface area contributed by atoms with Crippen molar-refractivity contribution in [2.24, 2.45) is 11.8 Å². The summed E-state index contributed by atoms with van der Waals surface area (Å²) in [6.07, 6.45) is 8.14. The van der Waals surface area contributed by atoms with Gasteiger partial charge < -0.3 is 4.90 Å². The highest BCUT2D eigenvalue weighted by Gasteiger charge is 2.36. The lowest BCUT2D eigenvalue weighted by molar-refractivity contribution is 0.494. The van der Waals surface area contributed by atoms with E-state index in [1.807, 2.05) is 12.4 Å². The minimum absolute atomic E-state index is 0.948. The first-order chi connectivity index (χ1) is 7.33. The zero-order chi connectivity index (χ0) is 10.3. The highest BCUT2D eigenvalue weighted by atomic mass is 79.9. The van der Waals surface area contributed by atoms with E-state index in [0.717, 1.165) is 16.3 Å². The Hall–Kier alpha value is -0.570. The third-order valence-corrected chi connectivity index (χ3v) is 4.22. The van der Waals surface area contributed by atoms with Gasteiger partial charge in [0.05, 0.1) is 11.9 Å². The summed E-state index contributed by atoms with van der Waals surface area (Å²) in [6, 6.07) is 2.17. The van der Waals surface area contributed by atoms with Crippen molar-refractivity contribution in [2.45, 2.75) is 19.3 Å². The van der Waals surface area contributed by atoms with Crippen LogP contribution in [-0.4, -0.2) is 18.1 Å². The van der Waals surface area contributed by atoms with Crippen LogP contribution in [0.4, 0.5) is 5.69 Å². The van der Waals surface area contributed by atoms with Crippen LogP contribution >= 0.6 is 15.9 Å². The van der Waals surface area contributed by atoms with E-state index in [2.05, 4.69) is 31.9 Å².